The number of benzene rings is 1. The summed E-state index contributed by atoms with van der Waals surface area (Å²) in [6.45, 7) is 0.163. The van der Waals surface area contributed by atoms with Gasteiger partial charge in [0.15, 0.2) is 0 Å². The Morgan fingerprint density at radius 3 is 2.84 bits per heavy atom. The maximum absolute atomic E-state index is 12.4. The van der Waals surface area contributed by atoms with E-state index >= 15 is 0 Å². The molecule has 0 amide bonds. The van der Waals surface area contributed by atoms with Gasteiger partial charge in [0.25, 0.3) is 0 Å². The average Bonchev–Trinajstić information content (AvgIpc) is 2.85. The van der Waals surface area contributed by atoms with E-state index in [0.717, 1.165) is 0 Å². The third-order valence-corrected chi connectivity index (χ3v) is 5.37. The summed E-state index contributed by atoms with van der Waals surface area (Å²) in [7, 11) is -2.13. The molecule has 0 saturated carbocycles. The summed E-state index contributed by atoms with van der Waals surface area (Å²) in [5, 5.41) is 0. The lowest BCUT2D eigenvalue weighted by molar-refractivity contribution is 0.458. The SMILES string of the molecule is CN(Cc1ncc[nH]1)S(=O)(=O)c1cc(N)ccc1Br. The van der Waals surface area contributed by atoms with Gasteiger partial charge in [-0.25, -0.2) is 13.4 Å². The second-order valence-corrected chi connectivity index (χ2v) is 6.85. The number of sulfonamides is 1. The number of nitrogens with zero attached hydrogens (tertiary/aromatic N) is 2. The van der Waals surface area contributed by atoms with Crippen molar-refractivity contribution in [2.24, 2.45) is 0 Å². The predicted octanol–water partition coefficient (Wildman–Crippen LogP) is 1.58. The van der Waals surface area contributed by atoms with E-state index in [9.17, 15) is 8.42 Å². The van der Waals surface area contributed by atoms with Gasteiger partial charge in [0.05, 0.1) is 11.4 Å². The van der Waals surface area contributed by atoms with Crippen LogP contribution in [0.15, 0.2) is 40.0 Å². The summed E-state index contributed by atoms with van der Waals surface area (Å²) in [6.07, 6.45) is 3.22. The van der Waals surface area contributed by atoms with Crippen LogP contribution >= 0.6 is 15.9 Å². The number of hydrogen-bond acceptors (Lipinski definition) is 4. The van der Waals surface area contributed by atoms with E-state index in [2.05, 4.69) is 25.9 Å². The van der Waals surface area contributed by atoms with Crippen molar-refractivity contribution in [3.8, 4) is 0 Å². The fourth-order valence-corrected chi connectivity index (χ4v) is 3.65. The first-order valence-corrected chi connectivity index (χ1v) is 7.64. The zero-order valence-corrected chi connectivity index (χ0v) is 12.6. The number of hydrogen-bond donors (Lipinski definition) is 2. The largest absolute Gasteiger partial charge is 0.399 e. The minimum atomic E-state index is -3.62. The highest BCUT2D eigenvalue weighted by atomic mass is 79.9. The van der Waals surface area contributed by atoms with Crippen LogP contribution in [-0.2, 0) is 16.6 Å². The number of halogens is 1. The number of imidazole rings is 1. The molecule has 2 rings (SSSR count). The molecule has 102 valence electrons. The number of nitrogens with one attached hydrogen (secondary N) is 1. The zero-order chi connectivity index (χ0) is 14.0. The molecule has 0 spiro atoms. The van der Waals surface area contributed by atoms with Crippen molar-refractivity contribution in [1.29, 1.82) is 0 Å². The summed E-state index contributed by atoms with van der Waals surface area (Å²) in [5.41, 5.74) is 6.03. The van der Waals surface area contributed by atoms with Crippen molar-refractivity contribution in [2.45, 2.75) is 11.4 Å². The van der Waals surface area contributed by atoms with E-state index in [1.807, 2.05) is 0 Å². The van der Waals surface area contributed by atoms with E-state index in [-0.39, 0.29) is 11.4 Å². The second kappa shape index (κ2) is 5.32. The smallest absolute Gasteiger partial charge is 0.244 e. The highest BCUT2D eigenvalue weighted by Gasteiger charge is 2.24. The van der Waals surface area contributed by atoms with Gasteiger partial charge in [-0.05, 0) is 34.1 Å². The number of aromatic amines is 1. The highest BCUT2D eigenvalue weighted by Crippen LogP contribution is 2.27. The first-order valence-electron chi connectivity index (χ1n) is 5.41. The van der Waals surface area contributed by atoms with E-state index in [4.69, 9.17) is 5.73 Å². The molecule has 0 aliphatic carbocycles. The van der Waals surface area contributed by atoms with E-state index in [0.29, 0.717) is 16.0 Å². The Bertz CT molecular complexity index is 670. The quantitative estimate of drug-likeness (QED) is 0.823. The van der Waals surface area contributed by atoms with Crippen LogP contribution < -0.4 is 5.73 Å². The molecule has 2 aromatic rings. The lowest BCUT2D eigenvalue weighted by Crippen LogP contribution is -2.27. The molecule has 0 aliphatic rings. The molecular formula is C11H13BrN4O2S. The molecule has 1 aromatic carbocycles. The van der Waals surface area contributed by atoms with Crippen LogP contribution in [-0.4, -0.2) is 29.7 Å². The fourth-order valence-electron chi connectivity index (χ4n) is 1.57. The van der Waals surface area contributed by atoms with Gasteiger partial charge in [0, 0.05) is 29.6 Å². The third-order valence-electron chi connectivity index (χ3n) is 2.57. The molecule has 3 N–H and O–H groups in total. The maximum atomic E-state index is 12.4. The van der Waals surface area contributed by atoms with Crippen molar-refractivity contribution in [2.75, 3.05) is 12.8 Å². The van der Waals surface area contributed by atoms with Gasteiger partial charge < -0.3 is 10.7 Å². The van der Waals surface area contributed by atoms with Crippen LogP contribution in [0.2, 0.25) is 0 Å². The maximum Gasteiger partial charge on any atom is 0.244 e. The molecule has 0 fully saturated rings. The topological polar surface area (TPSA) is 92.1 Å². The fraction of sp³-hybridized carbons (Fsp3) is 0.182. The van der Waals surface area contributed by atoms with Crippen LogP contribution in [0.4, 0.5) is 5.69 Å². The summed E-state index contributed by atoms with van der Waals surface area (Å²) in [5.74, 6) is 0.575. The molecule has 0 saturated heterocycles. The number of nitrogen functional groups attached to an aromatic ring is 1. The molecule has 19 heavy (non-hydrogen) atoms. The Kier molecular flexibility index (Phi) is 3.93. The third kappa shape index (κ3) is 2.96. The predicted molar refractivity (Wildman–Crippen MR) is 75.8 cm³/mol. The number of nitrogens with two attached hydrogens (primary N) is 1. The molecule has 1 heterocycles. The number of H-pyrrole nitrogens is 1. The van der Waals surface area contributed by atoms with Gasteiger partial charge >= 0.3 is 0 Å². The Morgan fingerprint density at radius 1 is 1.47 bits per heavy atom. The van der Waals surface area contributed by atoms with Crippen LogP contribution in [0.1, 0.15) is 5.82 Å². The van der Waals surface area contributed by atoms with E-state index < -0.39 is 10.0 Å². The number of anilines is 1. The number of aromatic nitrogens is 2. The van der Waals surface area contributed by atoms with Crippen LogP contribution in [0.5, 0.6) is 0 Å². The van der Waals surface area contributed by atoms with E-state index in [1.165, 1.54) is 17.4 Å². The van der Waals surface area contributed by atoms with Gasteiger partial charge in [-0.15, -0.1) is 0 Å². The summed E-state index contributed by atoms with van der Waals surface area (Å²) < 4.78 is 26.6. The van der Waals surface area contributed by atoms with Gasteiger partial charge in [-0.3, -0.25) is 0 Å². The Balaban J connectivity index is 2.33. The van der Waals surface area contributed by atoms with Crippen LogP contribution in [0.3, 0.4) is 0 Å². The van der Waals surface area contributed by atoms with Crippen molar-refractivity contribution < 1.29 is 8.42 Å². The van der Waals surface area contributed by atoms with Gasteiger partial charge in [-0.2, -0.15) is 4.31 Å². The van der Waals surface area contributed by atoms with E-state index in [1.54, 1.807) is 24.5 Å². The monoisotopic (exact) mass is 344 g/mol. The Labute approximate surface area is 119 Å². The van der Waals surface area contributed by atoms with Crippen molar-refractivity contribution in [3.05, 3.63) is 40.9 Å². The van der Waals surface area contributed by atoms with Crippen LogP contribution in [0, 0.1) is 0 Å². The van der Waals surface area contributed by atoms with Crippen molar-refractivity contribution in [3.63, 3.8) is 0 Å². The highest BCUT2D eigenvalue weighted by molar-refractivity contribution is 9.10. The molecule has 0 atom stereocenters. The minimum Gasteiger partial charge on any atom is -0.399 e. The van der Waals surface area contributed by atoms with Gasteiger partial charge in [-0.1, -0.05) is 0 Å². The molecule has 0 aliphatic heterocycles. The van der Waals surface area contributed by atoms with Crippen molar-refractivity contribution in [1.82, 2.24) is 14.3 Å². The summed E-state index contributed by atoms with van der Waals surface area (Å²) in [4.78, 5) is 7.01. The molecule has 8 heteroatoms. The molecule has 0 radical (unpaired) electrons. The standard InChI is InChI=1S/C11H13BrN4O2S/c1-16(7-11-14-4-5-15-11)19(17,18)10-6-8(13)2-3-9(10)12/h2-6H,7,13H2,1H3,(H,14,15). The van der Waals surface area contributed by atoms with Crippen molar-refractivity contribution >= 4 is 31.6 Å². The molecule has 0 bridgehead atoms. The molecule has 0 unspecified atom stereocenters. The zero-order valence-electron chi connectivity index (χ0n) is 10.2. The molecule has 1 aromatic heterocycles. The van der Waals surface area contributed by atoms with Gasteiger partial charge in [0.1, 0.15) is 5.82 Å². The first-order chi connectivity index (χ1) is 8.91. The normalized spacial score (nSPS) is 11.9. The number of rotatable bonds is 4. The lowest BCUT2D eigenvalue weighted by atomic mass is 10.3. The average molecular weight is 345 g/mol. The molecule has 6 nitrogen and oxygen atoms in total. The minimum absolute atomic E-state index is 0.140. The summed E-state index contributed by atoms with van der Waals surface area (Å²) >= 11 is 3.23. The second-order valence-electron chi connectivity index (χ2n) is 3.99. The molecular weight excluding hydrogens is 332 g/mol. The van der Waals surface area contributed by atoms with Gasteiger partial charge in [0.2, 0.25) is 10.0 Å². The first kappa shape index (κ1) is 14.0. The van der Waals surface area contributed by atoms with Crippen LogP contribution in [0.25, 0.3) is 0 Å². The Morgan fingerprint density at radius 2 is 2.21 bits per heavy atom. The summed E-state index contributed by atoms with van der Waals surface area (Å²) in [6, 6.07) is 4.68. The Hall–Kier alpha value is -1.38. The lowest BCUT2D eigenvalue weighted by Gasteiger charge is -2.17.